The fourth-order valence-corrected chi connectivity index (χ4v) is 3.26. The van der Waals surface area contributed by atoms with Gasteiger partial charge in [-0.15, -0.1) is 0 Å². The van der Waals surface area contributed by atoms with Gasteiger partial charge in [0.1, 0.15) is 0 Å². The summed E-state index contributed by atoms with van der Waals surface area (Å²) in [6.07, 6.45) is 4.87. The Morgan fingerprint density at radius 1 is 1.18 bits per heavy atom. The van der Waals surface area contributed by atoms with Crippen LogP contribution in [0.5, 0.6) is 0 Å². The predicted octanol–water partition coefficient (Wildman–Crippen LogP) is 4.09. The molecule has 22 heavy (non-hydrogen) atoms. The lowest BCUT2D eigenvalue weighted by Gasteiger charge is -2.29. The van der Waals surface area contributed by atoms with Crippen LogP contribution in [0.2, 0.25) is 0 Å². The first-order valence-electron chi connectivity index (χ1n) is 8.50. The number of benzene rings is 1. The second kappa shape index (κ2) is 7.17. The van der Waals surface area contributed by atoms with Gasteiger partial charge in [0.25, 0.3) is 0 Å². The summed E-state index contributed by atoms with van der Waals surface area (Å²) in [5.74, 6) is 0.696. The lowest BCUT2D eigenvalue weighted by molar-refractivity contribution is -0.120. The Labute approximate surface area is 134 Å². The molecule has 1 aliphatic carbocycles. The molecule has 122 valence electrons. The van der Waals surface area contributed by atoms with Gasteiger partial charge in [0.15, 0.2) is 0 Å². The molecule has 1 fully saturated rings. The van der Waals surface area contributed by atoms with Crippen molar-refractivity contribution in [3.05, 3.63) is 29.8 Å². The minimum Gasteiger partial charge on any atom is -0.376 e. The van der Waals surface area contributed by atoms with Crippen LogP contribution in [0.25, 0.3) is 0 Å². The second-order valence-corrected chi connectivity index (χ2v) is 7.58. The Morgan fingerprint density at radius 3 is 2.55 bits per heavy atom. The molecule has 2 atom stereocenters. The molecule has 2 N–H and O–H groups in total. The van der Waals surface area contributed by atoms with E-state index < -0.39 is 0 Å². The number of amides is 1. The van der Waals surface area contributed by atoms with Gasteiger partial charge in [-0.3, -0.25) is 4.79 Å². The highest BCUT2D eigenvalue weighted by Gasteiger charge is 2.23. The number of hydrogen-bond donors (Lipinski definition) is 2. The van der Waals surface area contributed by atoms with Gasteiger partial charge >= 0.3 is 0 Å². The Hall–Kier alpha value is -1.51. The van der Waals surface area contributed by atoms with E-state index in [2.05, 4.69) is 56.5 Å². The Bertz CT molecular complexity index is 504. The number of anilines is 1. The van der Waals surface area contributed by atoms with E-state index in [9.17, 15) is 4.79 Å². The van der Waals surface area contributed by atoms with Gasteiger partial charge in [-0.25, -0.2) is 0 Å². The highest BCUT2D eigenvalue weighted by molar-refractivity contribution is 5.81. The Morgan fingerprint density at radius 2 is 1.86 bits per heavy atom. The average Bonchev–Trinajstić information content (AvgIpc) is 2.47. The van der Waals surface area contributed by atoms with Gasteiger partial charge in [0, 0.05) is 11.7 Å². The zero-order chi connectivity index (χ0) is 16.2. The highest BCUT2D eigenvalue weighted by Crippen LogP contribution is 2.29. The van der Waals surface area contributed by atoms with Crippen molar-refractivity contribution in [3.8, 4) is 0 Å². The zero-order valence-electron chi connectivity index (χ0n) is 14.4. The van der Waals surface area contributed by atoms with Gasteiger partial charge < -0.3 is 10.6 Å². The van der Waals surface area contributed by atoms with Crippen LogP contribution in [0, 0.1) is 5.92 Å². The third-order valence-electron chi connectivity index (χ3n) is 4.63. The van der Waals surface area contributed by atoms with E-state index in [4.69, 9.17) is 0 Å². The molecule has 0 aliphatic heterocycles. The molecule has 1 amide bonds. The van der Waals surface area contributed by atoms with E-state index >= 15 is 0 Å². The molecule has 0 bridgehead atoms. The molecule has 0 spiro atoms. The average molecular weight is 302 g/mol. The highest BCUT2D eigenvalue weighted by atomic mass is 16.2. The first-order chi connectivity index (χ1) is 10.4. The van der Waals surface area contributed by atoms with E-state index in [0.29, 0.717) is 18.5 Å². The Balaban J connectivity index is 1.91. The fraction of sp³-hybridized carbons (Fsp3) is 0.632. The lowest BCUT2D eigenvalue weighted by atomic mass is 9.85. The molecule has 2 unspecified atom stereocenters. The van der Waals surface area contributed by atoms with Crippen LogP contribution in [0.4, 0.5) is 5.69 Å². The number of carbonyl (C=O) groups is 1. The summed E-state index contributed by atoms with van der Waals surface area (Å²) in [6, 6.07) is 8.59. The van der Waals surface area contributed by atoms with Crippen molar-refractivity contribution in [1.29, 1.82) is 0 Å². The quantitative estimate of drug-likeness (QED) is 0.879. The van der Waals surface area contributed by atoms with Crippen molar-refractivity contribution in [2.75, 3.05) is 11.9 Å². The standard InChI is InChI=1S/C19H30N2O/c1-14-9-5-7-11-16(14)21-18(22)13-20-17-12-8-6-10-15(17)19(2,3)4/h6,8,10,12,14,16,20H,5,7,9,11,13H2,1-4H3,(H,21,22). The summed E-state index contributed by atoms with van der Waals surface area (Å²) in [4.78, 5) is 12.2. The summed E-state index contributed by atoms with van der Waals surface area (Å²) in [5, 5.41) is 6.51. The maximum absolute atomic E-state index is 12.2. The maximum Gasteiger partial charge on any atom is 0.239 e. The molecular weight excluding hydrogens is 272 g/mol. The van der Waals surface area contributed by atoms with Crippen LogP contribution in [-0.4, -0.2) is 18.5 Å². The summed E-state index contributed by atoms with van der Waals surface area (Å²) in [6.45, 7) is 9.16. The van der Waals surface area contributed by atoms with Crippen LogP contribution in [0.3, 0.4) is 0 Å². The first kappa shape index (κ1) is 16.9. The molecule has 3 nitrogen and oxygen atoms in total. The van der Waals surface area contributed by atoms with Crippen molar-refractivity contribution in [2.24, 2.45) is 5.92 Å². The molecule has 1 aromatic carbocycles. The minimum absolute atomic E-state index is 0.0674. The van der Waals surface area contributed by atoms with E-state index in [-0.39, 0.29) is 11.3 Å². The smallest absolute Gasteiger partial charge is 0.239 e. The molecule has 0 saturated heterocycles. The zero-order valence-corrected chi connectivity index (χ0v) is 14.4. The second-order valence-electron chi connectivity index (χ2n) is 7.58. The predicted molar refractivity (Wildman–Crippen MR) is 93.2 cm³/mol. The van der Waals surface area contributed by atoms with Crippen LogP contribution in [-0.2, 0) is 10.2 Å². The first-order valence-corrected chi connectivity index (χ1v) is 8.50. The molecule has 2 rings (SSSR count). The molecule has 0 radical (unpaired) electrons. The van der Waals surface area contributed by atoms with Gasteiger partial charge in [-0.05, 0) is 35.8 Å². The molecule has 3 heteroatoms. The number of para-hydroxylation sites is 1. The molecule has 1 aromatic rings. The third kappa shape index (κ3) is 4.49. The van der Waals surface area contributed by atoms with Crippen LogP contribution in [0.1, 0.15) is 58.9 Å². The molecule has 0 heterocycles. The summed E-state index contributed by atoms with van der Waals surface area (Å²) < 4.78 is 0. The molecule has 1 saturated carbocycles. The minimum atomic E-state index is 0.0674. The molecule has 0 aromatic heterocycles. The summed E-state index contributed by atoms with van der Waals surface area (Å²) in [5.41, 5.74) is 2.37. The normalized spacial score (nSPS) is 22.2. The number of nitrogens with one attached hydrogen (secondary N) is 2. The Kier molecular flexibility index (Phi) is 5.49. The van der Waals surface area contributed by atoms with Gasteiger partial charge in [0.05, 0.1) is 6.54 Å². The summed E-state index contributed by atoms with van der Waals surface area (Å²) in [7, 11) is 0. The van der Waals surface area contributed by atoms with Gasteiger partial charge in [-0.1, -0.05) is 58.7 Å². The number of carbonyl (C=O) groups excluding carboxylic acids is 1. The summed E-state index contributed by atoms with van der Waals surface area (Å²) >= 11 is 0. The molecular formula is C19H30N2O. The lowest BCUT2D eigenvalue weighted by Crippen LogP contribution is -2.43. The topological polar surface area (TPSA) is 41.1 Å². The van der Waals surface area contributed by atoms with E-state index in [1.54, 1.807) is 0 Å². The van der Waals surface area contributed by atoms with Crippen LogP contribution >= 0.6 is 0 Å². The number of hydrogen-bond acceptors (Lipinski definition) is 2. The maximum atomic E-state index is 12.2. The number of rotatable bonds is 4. The van der Waals surface area contributed by atoms with Gasteiger partial charge in [0.2, 0.25) is 5.91 Å². The van der Waals surface area contributed by atoms with E-state index in [1.807, 2.05) is 6.07 Å². The third-order valence-corrected chi connectivity index (χ3v) is 4.63. The van der Waals surface area contributed by atoms with Crippen molar-refractivity contribution in [2.45, 2.75) is 64.8 Å². The van der Waals surface area contributed by atoms with Crippen molar-refractivity contribution in [3.63, 3.8) is 0 Å². The van der Waals surface area contributed by atoms with Crippen LogP contribution in [0.15, 0.2) is 24.3 Å². The van der Waals surface area contributed by atoms with E-state index in [0.717, 1.165) is 12.1 Å². The largest absolute Gasteiger partial charge is 0.376 e. The van der Waals surface area contributed by atoms with Crippen molar-refractivity contribution < 1.29 is 4.79 Å². The molecule has 1 aliphatic rings. The fourth-order valence-electron chi connectivity index (χ4n) is 3.26. The van der Waals surface area contributed by atoms with E-state index in [1.165, 1.54) is 24.8 Å². The van der Waals surface area contributed by atoms with Crippen molar-refractivity contribution in [1.82, 2.24) is 5.32 Å². The monoisotopic (exact) mass is 302 g/mol. The SMILES string of the molecule is CC1CCCCC1NC(=O)CNc1ccccc1C(C)(C)C. The van der Waals surface area contributed by atoms with Gasteiger partial charge in [-0.2, -0.15) is 0 Å². The van der Waals surface area contributed by atoms with Crippen molar-refractivity contribution >= 4 is 11.6 Å². The van der Waals surface area contributed by atoms with Crippen LogP contribution < -0.4 is 10.6 Å².